The summed E-state index contributed by atoms with van der Waals surface area (Å²) in [5, 5.41) is 19.5. The van der Waals surface area contributed by atoms with Crippen molar-refractivity contribution < 1.29 is 38.5 Å². The second-order valence-electron chi connectivity index (χ2n) is 3.21. The van der Waals surface area contributed by atoms with Crippen LogP contribution in [0.1, 0.15) is 5.76 Å². The molecule has 8 nitrogen and oxygen atoms in total. The van der Waals surface area contributed by atoms with Gasteiger partial charge in [0.25, 0.3) is 5.60 Å². The third-order valence-electron chi connectivity index (χ3n) is 2.19. The van der Waals surface area contributed by atoms with Crippen molar-refractivity contribution in [3.05, 3.63) is 24.2 Å². The van der Waals surface area contributed by atoms with Crippen LogP contribution in [0.5, 0.6) is 0 Å². The molecule has 1 saturated heterocycles. The number of cyclic esters (lactones) is 4. The predicted octanol–water partition coefficient (Wildman–Crippen LogP) is -0.952. The molecule has 0 amide bonds. The van der Waals surface area contributed by atoms with Gasteiger partial charge in [0.15, 0.2) is 6.10 Å². The molecule has 1 fully saturated rings. The van der Waals surface area contributed by atoms with Crippen molar-refractivity contribution in [2.75, 3.05) is 0 Å². The maximum atomic E-state index is 11.5. The molecule has 17 heavy (non-hydrogen) atoms. The molecule has 2 unspecified atom stereocenters. The molecular weight excluding hydrogens is 236 g/mol. The van der Waals surface area contributed by atoms with Crippen LogP contribution in [-0.2, 0) is 24.7 Å². The van der Waals surface area contributed by atoms with Gasteiger partial charge in [-0.05, 0) is 12.1 Å². The highest BCUT2D eigenvalue weighted by Crippen LogP contribution is 2.30. The van der Waals surface area contributed by atoms with Crippen LogP contribution in [0.25, 0.3) is 0 Å². The Hall–Kier alpha value is -2.19. The lowest BCUT2D eigenvalue weighted by molar-refractivity contribution is -0.179. The highest BCUT2D eigenvalue weighted by atomic mass is 16.8. The van der Waals surface area contributed by atoms with Gasteiger partial charge in [-0.2, -0.15) is 0 Å². The lowest BCUT2D eigenvalue weighted by atomic mass is 9.94. The molecule has 2 atom stereocenters. The van der Waals surface area contributed by atoms with Crippen LogP contribution in [-0.4, -0.2) is 34.4 Å². The zero-order valence-corrected chi connectivity index (χ0v) is 8.15. The van der Waals surface area contributed by atoms with E-state index in [4.69, 9.17) is 4.42 Å². The number of aliphatic hydroxyl groups is 2. The molecule has 2 heterocycles. The smallest absolute Gasteiger partial charge is 0.465 e. The van der Waals surface area contributed by atoms with Crippen molar-refractivity contribution in [3.63, 3.8) is 0 Å². The van der Waals surface area contributed by atoms with Gasteiger partial charge in [0.2, 0.25) is 0 Å². The van der Waals surface area contributed by atoms with E-state index in [1.807, 2.05) is 0 Å². The van der Waals surface area contributed by atoms with Crippen LogP contribution in [0.15, 0.2) is 22.8 Å². The van der Waals surface area contributed by atoms with E-state index in [2.05, 4.69) is 9.47 Å². The van der Waals surface area contributed by atoms with E-state index < -0.39 is 35.6 Å². The average molecular weight is 242 g/mol. The van der Waals surface area contributed by atoms with Crippen LogP contribution in [0.2, 0.25) is 0 Å². The fraction of sp³-hybridized carbons (Fsp3) is 0.222. The first kappa shape index (κ1) is 11.3. The van der Waals surface area contributed by atoms with E-state index in [-0.39, 0.29) is 0 Å². The third-order valence-corrected chi connectivity index (χ3v) is 2.19. The van der Waals surface area contributed by atoms with E-state index in [1.165, 1.54) is 6.07 Å². The monoisotopic (exact) mass is 242 g/mol. The quantitative estimate of drug-likeness (QED) is 0.477. The molecule has 0 aliphatic carbocycles. The van der Waals surface area contributed by atoms with Crippen LogP contribution in [0.4, 0.5) is 4.79 Å². The summed E-state index contributed by atoms with van der Waals surface area (Å²) >= 11 is 0. The number of furan rings is 1. The fourth-order valence-corrected chi connectivity index (χ4v) is 1.33. The molecule has 2 N–H and O–H groups in total. The zero-order valence-electron chi connectivity index (χ0n) is 8.15. The van der Waals surface area contributed by atoms with Crippen LogP contribution >= 0.6 is 0 Å². The van der Waals surface area contributed by atoms with Crippen molar-refractivity contribution in [1.29, 1.82) is 0 Å². The lowest BCUT2D eigenvalue weighted by Gasteiger charge is -2.22. The Labute approximate surface area is 93.3 Å². The second-order valence-corrected chi connectivity index (χ2v) is 3.21. The summed E-state index contributed by atoms with van der Waals surface area (Å²) in [6.45, 7) is 0. The highest BCUT2D eigenvalue weighted by Gasteiger charge is 2.57. The normalized spacial score (nSPS) is 29.5. The minimum absolute atomic E-state index is 0.443. The van der Waals surface area contributed by atoms with Gasteiger partial charge >= 0.3 is 18.1 Å². The Morgan fingerprint density at radius 3 is 2.53 bits per heavy atom. The van der Waals surface area contributed by atoms with Gasteiger partial charge in [0.05, 0.1) is 6.26 Å². The molecule has 1 aromatic rings. The number of carbonyl (C=O) groups excluding carboxylic acids is 3. The highest BCUT2D eigenvalue weighted by molar-refractivity contribution is 6.00. The number of aliphatic hydroxyl groups excluding tert-OH is 1. The second kappa shape index (κ2) is 3.68. The van der Waals surface area contributed by atoms with Crippen molar-refractivity contribution in [1.82, 2.24) is 0 Å². The molecular formula is C9H6O8. The summed E-state index contributed by atoms with van der Waals surface area (Å²) in [4.78, 5) is 33.4. The van der Waals surface area contributed by atoms with Gasteiger partial charge in [-0.25, -0.2) is 14.4 Å². The Kier molecular flexibility index (Phi) is 2.45. The molecule has 2 rings (SSSR count). The van der Waals surface area contributed by atoms with Crippen molar-refractivity contribution in [2.24, 2.45) is 0 Å². The molecule has 0 aromatic carbocycles. The number of hydrogen-bond acceptors (Lipinski definition) is 8. The third kappa shape index (κ3) is 1.59. The van der Waals surface area contributed by atoms with Crippen LogP contribution < -0.4 is 0 Å². The average Bonchev–Trinajstić information content (AvgIpc) is 2.77. The van der Waals surface area contributed by atoms with Gasteiger partial charge in [-0.15, -0.1) is 0 Å². The van der Waals surface area contributed by atoms with Crippen LogP contribution in [0, 0.1) is 0 Å². The summed E-state index contributed by atoms with van der Waals surface area (Å²) in [6, 6.07) is 2.44. The number of esters is 2. The summed E-state index contributed by atoms with van der Waals surface area (Å²) in [5.74, 6) is -3.52. The van der Waals surface area contributed by atoms with Crippen molar-refractivity contribution in [3.8, 4) is 0 Å². The SMILES string of the molecule is O=C1OC(=O)C(O)C(O)(c2ccco2)C(=O)O1. The largest absolute Gasteiger partial charge is 0.524 e. The predicted molar refractivity (Wildman–Crippen MR) is 46.2 cm³/mol. The van der Waals surface area contributed by atoms with Gasteiger partial charge in [-0.1, -0.05) is 0 Å². The van der Waals surface area contributed by atoms with E-state index >= 15 is 0 Å². The summed E-state index contributed by atoms with van der Waals surface area (Å²) in [5.41, 5.74) is -2.81. The minimum Gasteiger partial charge on any atom is -0.465 e. The van der Waals surface area contributed by atoms with Crippen LogP contribution in [0.3, 0.4) is 0 Å². The Morgan fingerprint density at radius 1 is 1.24 bits per heavy atom. The standard InChI is InChI=1S/C9H6O8/c10-5-6(11)16-8(13)17-7(12)9(5,14)4-2-1-3-15-4/h1-3,5,10,14H. The van der Waals surface area contributed by atoms with Crippen molar-refractivity contribution >= 4 is 18.1 Å². The minimum atomic E-state index is -2.81. The van der Waals surface area contributed by atoms with Gasteiger partial charge in [0, 0.05) is 0 Å². The van der Waals surface area contributed by atoms with E-state index in [9.17, 15) is 24.6 Å². The molecule has 8 heteroatoms. The topological polar surface area (TPSA) is 123 Å². The lowest BCUT2D eigenvalue weighted by Crippen LogP contribution is -2.49. The Bertz CT molecular complexity index is 475. The van der Waals surface area contributed by atoms with Crippen molar-refractivity contribution in [2.45, 2.75) is 11.7 Å². The van der Waals surface area contributed by atoms with Gasteiger partial charge in [-0.3, -0.25) is 0 Å². The molecule has 1 aliphatic heterocycles. The first-order valence-corrected chi connectivity index (χ1v) is 4.38. The fourth-order valence-electron chi connectivity index (χ4n) is 1.33. The molecule has 0 spiro atoms. The number of carbonyl (C=O) groups is 3. The molecule has 1 aromatic heterocycles. The number of rotatable bonds is 1. The molecule has 90 valence electrons. The summed E-state index contributed by atoms with van der Waals surface area (Å²) in [6.07, 6.45) is -2.85. The van der Waals surface area contributed by atoms with Gasteiger partial charge < -0.3 is 24.1 Å². The van der Waals surface area contributed by atoms with Gasteiger partial charge in [0.1, 0.15) is 5.76 Å². The van der Waals surface area contributed by atoms with E-state index in [0.717, 1.165) is 12.3 Å². The number of ether oxygens (including phenoxy) is 2. The number of hydrogen-bond donors (Lipinski definition) is 2. The Balaban J connectivity index is 2.52. The molecule has 0 bridgehead atoms. The first-order chi connectivity index (χ1) is 7.96. The Morgan fingerprint density at radius 2 is 1.94 bits per heavy atom. The molecule has 0 radical (unpaired) electrons. The zero-order chi connectivity index (χ0) is 12.6. The maximum absolute atomic E-state index is 11.5. The maximum Gasteiger partial charge on any atom is 0.524 e. The first-order valence-electron chi connectivity index (χ1n) is 4.38. The summed E-state index contributed by atoms with van der Waals surface area (Å²) in [7, 11) is 0. The van der Waals surface area contributed by atoms with E-state index in [1.54, 1.807) is 0 Å². The van der Waals surface area contributed by atoms with E-state index in [0.29, 0.717) is 0 Å². The molecule has 0 saturated carbocycles. The molecule has 1 aliphatic rings. The summed E-state index contributed by atoms with van der Waals surface area (Å²) < 4.78 is 12.6.